The first-order valence-corrected chi connectivity index (χ1v) is 6.95. The van der Waals surface area contributed by atoms with Gasteiger partial charge in [0.05, 0.1) is 18.0 Å². The zero-order valence-corrected chi connectivity index (χ0v) is 11.5. The van der Waals surface area contributed by atoms with Crippen molar-refractivity contribution < 1.29 is 4.74 Å². The Bertz CT molecular complexity index is 670. The summed E-state index contributed by atoms with van der Waals surface area (Å²) in [5.41, 5.74) is 7.91. The van der Waals surface area contributed by atoms with Crippen LogP contribution in [0.5, 0.6) is 5.75 Å². The van der Waals surface area contributed by atoms with Crippen molar-refractivity contribution in [2.45, 2.75) is 25.8 Å². The highest BCUT2D eigenvalue weighted by molar-refractivity contribution is 5.62. The summed E-state index contributed by atoms with van der Waals surface area (Å²) >= 11 is 0. The van der Waals surface area contributed by atoms with Gasteiger partial charge in [0, 0.05) is 6.04 Å². The van der Waals surface area contributed by atoms with Gasteiger partial charge in [-0.1, -0.05) is 0 Å². The summed E-state index contributed by atoms with van der Waals surface area (Å²) in [6.07, 6.45) is 2.10. The molecule has 0 aliphatic heterocycles. The Morgan fingerprint density at radius 3 is 2.50 bits per heavy atom. The maximum Gasteiger partial charge on any atom is 0.274 e. The summed E-state index contributed by atoms with van der Waals surface area (Å²) in [7, 11) is 0. The van der Waals surface area contributed by atoms with Crippen LogP contribution in [0.2, 0.25) is 0 Å². The van der Waals surface area contributed by atoms with Crippen molar-refractivity contribution in [2.24, 2.45) is 0 Å². The van der Waals surface area contributed by atoms with Gasteiger partial charge in [0.25, 0.3) is 5.56 Å². The number of aromatic nitrogens is 1. The quantitative estimate of drug-likeness (QED) is 0.929. The van der Waals surface area contributed by atoms with Gasteiger partial charge in [-0.25, -0.2) is 0 Å². The lowest BCUT2D eigenvalue weighted by atomic mass is 10.1. The smallest absolute Gasteiger partial charge is 0.274 e. The fourth-order valence-electron chi connectivity index (χ4n) is 2.39. The number of nitrogen functional groups attached to an aromatic ring is 1. The van der Waals surface area contributed by atoms with Crippen molar-refractivity contribution >= 4 is 5.69 Å². The van der Waals surface area contributed by atoms with Crippen molar-refractivity contribution in [3.63, 3.8) is 0 Å². The standard InChI is InChI=1S/C16H18N2O2/c1-2-20-13-7-3-11(4-8-13)15-10-9-14(17)16(19)18(15)12-5-6-12/h3-4,7-10,12H,2,5-6,17H2,1H3. The van der Waals surface area contributed by atoms with Crippen LogP contribution >= 0.6 is 0 Å². The SMILES string of the molecule is CCOc1ccc(-c2ccc(N)c(=O)n2C2CC2)cc1. The molecule has 104 valence electrons. The molecule has 4 nitrogen and oxygen atoms in total. The number of ether oxygens (including phenoxy) is 1. The van der Waals surface area contributed by atoms with Gasteiger partial charge in [-0.05, 0) is 61.7 Å². The first kappa shape index (κ1) is 12.8. The van der Waals surface area contributed by atoms with E-state index < -0.39 is 0 Å². The fourth-order valence-corrected chi connectivity index (χ4v) is 2.39. The van der Waals surface area contributed by atoms with E-state index in [1.54, 1.807) is 6.07 Å². The molecule has 3 rings (SSSR count). The van der Waals surface area contributed by atoms with E-state index in [2.05, 4.69) is 0 Å². The molecule has 20 heavy (non-hydrogen) atoms. The molecule has 0 unspecified atom stereocenters. The molecule has 1 heterocycles. The van der Waals surface area contributed by atoms with Crippen LogP contribution in [0.25, 0.3) is 11.3 Å². The number of anilines is 1. The van der Waals surface area contributed by atoms with Crippen molar-refractivity contribution in [2.75, 3.05) is 12.3 Å². The number of nitrogens with two attached hydrogens (primary N) is 1. The van der Waals surface area contributed by atoms with Crippen LogP contribution in [0.15, 0.2) is 41.2 Å². The lowest BCUT2D eigenvalue weighted by molar-refractivity contribution is 0.340. The number of hydrogen-bond acceptors (Lipinski definition) is 3. The Morgan fingerprint density at radius 2 is 1.90 bits per heavy atom. The number of hydrogen-bond donors (Lipinski definition) is 1. The van der Waals surface area contributed by atoms with Gasteiger partial charge in [0.15, 0.2) is 0 Å². The summed E-state index contributed by atoms with van der Waals surface area (Å²) in [6, 6.07) is 11.7. The molecule has 0 atom stereocenters. The summed E-state index contributed by atoms with van der Waals surface area (Å²) in [5, 5.41) is 0. The third-order valence-corrected chi connectivity index (χ3v) is 3.52. The number of benzene rings is 1. The van der Waals surface area contributed by atoms with E-state index in [-0.39, 0.29) is 5.56 Å². The monoisotopic (exact) mass is 270 g/mol. The van der Waals surface area contributed by atoms with Crippen LogP contribution in [0.1, 0.15) is 25.8 Å². The summed E-state index contributed by atoms with van der Waals surface area (Å²) in [5.74, 6) is 0.840. The number of rotatable bonds is 4. The Morgan fingerprint density at radius 1 is 1.20 bits per heavy atom. The Labute approximate surface area is 117 Å². The molecule has 0 spiro atoms. The second-order valence-corrected chi connectivity index (χ2v) is 5.04. The molecule has 1 saturated carbocycles. The third kappa shape index (κ3) is 2.29. The van der Waals surface area contributed by atoms with Gasteiger partial charge in [0.2, 0.25) is 0 Å². The minimum absolute atomic E-state index is 0.0844. The molecule has 1 aromatic heterocycles. The molecule has 1 fully saturated rings. The zero-order chi connectivity index (χ0) is 14.1. The minimum Gasteiger partial charge on any atom is -0.494 e. The summed E-state index contributed by atoms with van der Waals surface area (Å²) in [6.45, 7) is 2.60. The zero-order valence-electron chi connectivity index (χ0n) is 11.5. The predicted octanol–water partition coefficient (Wildman–Crippen LogP) is 2.83. The molecule has 0 amide bonds. The van der Waals surface area contributed by atoms with Gasteiger partial charge < -0.3 is 15.0 Å². The van der Waals surface area contributed by atoms with Crippen molar-refractivity contribution in [1.82, 2.24) is 4.57 Å². The van der Waals surface area contributed by atoms with Gasteiger partial charge >= 0.3 is 0 Å². The van der Waals surface area contributed by atoms with E-state index >= 15 is 0 Å². The van der Waals surface area contributed by atoms with Crippen LogP contribution in [-0.2, 0) is 0 Å². The minimum atomic E-state index is -0.0844. The third-order valence-electron chi connectivity index (χ3n) is 3.52. The largest absolute Gasteiger partial charge is 0.494 e. The highest BCUT2D eigenvalue weighted by Crippen LogP contribution is 2.37. The van der Waals surface area contributed by atoms with Crippen LogP contribution in [0.4, 0.5) is 5.69 Å². The van der Waals surface area contributed by atoms with Crippen LogP contribution in [-0.4, -0.2) is 11.2 Å². The molecule has 1 aliphatic carbocycles. The summed E-state index contributed by atoms with van der Waals surface area (Å²) < 4.78 is 7.27. The maximum absolute atomic E-state index is 12.2. The number of nitrogens with zero attached hydrogens (tertiary/aromatic N) is 1. The van der Waals surface area contributed by atoms with Gasteiger partial charge in [-0.2, -0.15) is 0 Å². The molecule has 1 aliphatic rings. The normalized spacial score (nSPS) is 14.2. The van der Waals surface area contributed by atoms with Gasteiger partial charge in [-0.15, -0.1) is 0 Å². The van der Waals surface area contributed by atoms with Crippen molar-refractivity contribution in [3.05, 3.63) is 46.8 Å². The van der Waals surface area contributed by atoms with Gasteiger partial charge in [-0.3, -0.25) is 4.79 Å². The van der Waals surface area contributed by atoms with Crippen molar-refractivity contribution in [1.29, 1.82) is 0 Å². The molecule has 4 heteroatoms. The lowest BCUT2D eigenvalue weighted by Crippen LogP contribution is -2.23. The number of pyridine rings is 1. The van der Waals surface area contributed by atoms with Crippen LogP contribution in [0.3, 0.4) is 0 Å². The summed E-state index contributed by atoms with van der Waals surface area (Å²) in [4.78, 5) is 12.2. The Hall–Kier alpha value is -2.23. The first-order chi connectivity index (χ1) is 9.70. The van der Waals surface area contributed by atoms with Crippen molar-refractivity contribution in [3.8, 4) is 17.0 Å². The Balaban J connectivity index is 2.05. The van der Waals surface area contributed by atoms with Gasteiger partial charge in [0.1, 0.15) is 5.75 Å². The highest BCUT2D eigenvalue weighted by Gasteiger charge is 2.27. The van der Waals surface area contributed by atoms with E-state index in [4.69, 9.17) is 10.5 Å². The predicted molar refractivity (Wildman–Crippen MR) is 80.0 cm³/mol. The second-order valence-electron chi connectivity index (χ2n) is 5.04. The van der Waals surface area contributed by atoms with E-state index in [0.29, 0.717) is 18.3 Å². The fraction of sp³-hybridized carbons (Fsp3) is 0.312. The molecule has 0 radical (unpaired) electrons. The molecule has 0 saturated heterocycles. The molecule has 2 aromatic rings. The average Bonchev–Trinajstić information content (AvgIpc) is 3.27. The van der Waals surface area contributed by atoms with E-state index in [1.807, 2.05) is 41.8 Å². The van der Waals surface area contributed by atoms with Crippen LogP contribution < -0.4 is 16.0 Å². The molecule has 1 aromatic carbocycles. The maximum atomic E-state index is 12.2. The molecular formula is C16H18N2O2. The molecule has 0 bridgehead atoms. The molecular weight excluding hydrogens is 252 g/mol. The van der Waals surface area contributed by atoms with E-state index in [0.717, 1.165) is 29.8 Å². The molecule has 2 N–H and O–H groups in total. The van der Waals surface area contributed by atoms with E-state index in [1.165, 1.54) is 0 Å². The first-order valence-electron chi connectivity index (χ1n) is 6.95. The Kier molecular flexibility index (Phi) is 3.22. The lowest BCUT2D eigenvalue weighted by Gasteiger charge is -2.13. The van der Waals surface area contributed by atoms with E-state index in [9.17, 15) is 4.79 Å². The second kappa shape index (κ2) is 5.04. The highest BCUT2D eigenvalue weighted by atomic mass is 16.5. The van der Waals surface area contributed by atoms with Crippen LogP contribution in [0, 0.1) is 0 Å². The average molecular weight is 270 g/mol. The topological polar surface area (TPSA) is 57.2 Å².